The van der Waals surface area contributed by atoms with E-state index in [1.807, 2.05) is 0 Å². The van der Waals surface area contributed by atoms with Crippen LogP contribution in [0.2, 0.25) is 0 Å². The van der Waals surface area contributed by atoms with Crippen molar-refractivity contribution in [1.82, 2.24) is 10.6 Å². The third-order valence-corrected chi connectivity index (χ3v) is 1.95. The molecule has 0 spiro atoms. The Morgan fingerprint density at radius 1 is 1.00 bits per heavy atom. The standard InChI is InChI=1S/C8H14N2O2/c1-5(11)9-7-3-8(4-7)10-6(2)12/h7-8H,3-4H2,1-2H3,(H,9,11)(H,10,12). The highest BCUT2D eigenvalue weighted by Crippen LogP contribution is 2.19. The first-order chi connectivity index (χ1) is 5.58. The van der Waals surface area contributed by atoms with E-state index in [9.17, 15) is 9.59 Å². The second-order valence-corrected chi connectivity index (χ2v) is 3.27. The summed E-state index contributed by atoms with van der Waals surface area (Å²) in [6.07, 6.45) is 1.72. The predicted octanol–water partition coefficient (Wildman–Crippen LogP) is -0.210. The van der Waals surface area contributed by atoms with Crippen LogP contribution in [0.15, 0.2) is 0 Å². The third kappa shape index (κ3) is 2.53. The van der Waals surface area contributed by atoms with Gasteiger partial charge in [-0.05, 0) is 12.8 Å². The number of hydrogen-bond acceptors (Lipinski definition) is 2. The number of carbonyl (C=O) groups excluding carboxylic acids is 2. The molecule has 0 aromatic carbocycles. The van der Waals surface area contributed by atoms with E-state index in [0.29, 0.717) is 0 Å². The maximum absolute atomic E-state index is 10.6. The molecule has 0 saturated heterocycles. The van der Waals surface area contributed by atoms with Gasteiger partial charge in [-0.1, -0.05) is 0 Å². The van der Waals surface area contributed by atoms with E-state index in [1.54, 1.807) is 0 Å². The van der Waals surface area contributed by atoms with Gasteiger partial charge in [-0.15, -0.1) is 0 Å². The van der Waals surface area contributed by atoms with Crippen LogP contribution < -0.4 is 10.6 Å². The van der Waals surface area contributed by atoms with Crippen molar-refractivity contribution in [3.63, 3.8) is 0 Å². The zero-order valence-corrected chi connectivity index (χ0v) is 7.39. The average Bonchev–Trinajstić information content (AvgIpc) is 1.80. The molecule has 1 aliphatic rings. The molecule has 2 amide bonds. The summed E-state index contributed by atoms with van der Waals surface area (Å²) in [5, 5.41) is 5.58. The number of amides is 2. The lowest BCUT2D eigenvalue weighted by molar-refractivity contribution is -0.121. The summed E-state index contributed by atoms with van der Waals surface area (Å²) >= 11 is 0. The molecule has 12 heavy (non-hydrogen) atoms. The fourth-order valence-electron chi connectivity index (χ4n) is 1.43. The summed E-state index contributed by atoms with van der Waals surface area (Å²) in [6, 6.07) is 0.527. The molecule has 1 fully saturated rings. The van der Waals surface area contributed by atoms with Crippen molar-refractivity contribution in [3.8, 4) is 0 Å². The summed E-state index contributed by atoms with van der Waals surface area (Å²) in [5.41, 5.74) is 0. The van der Waals surface area contributed by atoms with Crippen molar-refractivity contribution in [2.45, 2.75) is 38.8 Å². The Labute approximate surface area is 71.7 Å². The van der Waals surface area contributed by atoms with Crippen LogP contribution in [0, 0.1) is 0 Å². The molecule has 1 rings (SSSR count). The van der Waals surface area contributed by atoms with Crippen LogP contribution >= 0.6 is 0 Å². The quantitative estimate of drug-likeness (QED) is 0.602. The van der Waals surface area contributed by atoms with Crippen molar-refractivity contribution in [2.24, 2.45) is 0 Å². The summed E-state index contributed by atoms with van der Waals surface area (Å²) < 4.78 is 0. The first-order valence-electron chi connectivity index (χ1n) is 4.12. The Balaban J connectivity index is 2.11. The highest BCUT2D eigenvalue weighted by atomic mass is 16.2. The van der Waals surface area contributed by atoms with E-state index in [2.05, 4.69) is 10.6 Å². The van der Waals surface area contributed by atoms with Crippen molar-refractivity contribution in [1.29, 1.82) is 0 Å². The highest BCUT2D eigenvalue weighted by molar-refractivity contribution is 5.74. The molecule has 1 aliphatic carbocycles. The molecule has 0 atom stereocenters. The lowest BCUT2D eigenvalue weighted by atomic mass is 9.87. The first-order valence-corrected chi connectivity index (χ1v) is 4.12. The zero-order chi connectivity index (χ0) is 9.14. The van der Waals surface area contributed by atoms with E-state index >= 15 is 0 Å². The molecule has 2 N–H and O–H groups in total. The SMILES string of the molecule is CC(=O)NC1CC(NC(C)=O)C1. The monoisotopic (exact) mass is 170 g/mol. The van der Waals surface area contributed by atoms with Gasteiger partial charge in [-0.25, -0.2) is 0 Å². The lowest BCUT2D eigenvalue weighted by Crippen LogP contribution is -2.52. The first kappa shape index (κ1) is 9.03. The number of rotatable bonds is 2. The summed E-state index contributed by atoms with van der Waals surface area (Å²) in [6.45, 7) is 3.01. The molecule has 0 unspecified atom stereocenters. The Hall–Kier alpha value is -1.06. The summed E-state index contributed by atoms with van der Waals surface area (Å²) in [5.74, 6) is 0.00236. The van der Waals surface area contributed by atoms with Gasteiger partial charge in [0.2, 0.25) is 11.8 Å². The summed E-state index contributed by atoms with van der Waals surface area (Å²) in [7, 11) is 0. The van der Waals surface area contributed by atoms with Gasteiger partial charge >= 0.3 is 0 Å². The minimum Gasteiger partial charge on any atom is -0.353 e. The van der Waals surface area contributed by atoms with Gasteiger partial charge in [0.05, 0.1) is 0 Å². The maximum atomic E-state index is 10.6. The normalized spacial score (nSPS) is 27.2. The lowest BCUT2D eigenvalue weighted by Gasteiger charge is -2.35. The van der Waals surface area contributed by atoms with E-state index in [0.717, 1.165) is 12.8 Å². The van der Waals surface area contributed by atoms with Gasteiger partial charge in [0, 0.05) is 25.9 Å². The van der Waals surface area contributed by atoms with Gasteiger partial charge < -0.3 is 10.6 Å². The topological polar surface area (TPSA) is 58.2 Å². The Morgan fingerprint density at radius 3 is 1.58 bits per heavy atom. The van der Waals surface area contributed by atoms with Crippen molar-refractivity contribution < 1.29 is 9.59 Å². The second kappa shape index (κ2) is 3.56. The molecule has 0 heterocycles. The number of nitrogens with one attached hydrogen (secondary N) is 2. The third-order valence-electron chi connectivity index (χ3n) is 1.95. The largest absolute Gasteiger partial charge is 0.353 e. The zero-order valence-electron chi connectivity index (χ0n) is 7.39. The molecule has 1 saturated carbocycles. The molecule has 68 valence electrons. The van der Waals surface area contributed by atoms with Crippen LogP contribution in [0.1, 0.15) is 26.7 Å². The van der Waals surface area contributed by atoms with E-state index in [-0.39, 0.29) is 23.9 Å². The predicted molar refractivity (Wildman–Crippen MR) is 44.4 cm³/mol. The van der Waals surface area contributed by atoms with Crippen molar-refractivity contribution in [2.75, 3.05) is 0 Å². The molecule has 0 aromatic rings. The molecule has 0 bridgehead atoms. The van der Waals surface area contributed by atoms with Gasteiger partial charge in [-0.2, -0.15) is 0 Å². The minimum absolute atomic E-state index is 0.00118. The number of hydrogen-bond donors (Lipinski definition) is 2. The van der Waals surface area contributed by atoms with Crippen LogP contribution in [0.4, 0.5) is 0 Å². The molecule has 4 nitrogen and oxygen atoms in total. The van der Waals surface area contributed by atoms with Crippen molar-refractivity contribution in [3.05, 3.63) is 0 Å². The fourth-order valence-corrected chi connectivity index (χ4v) is 1.43. The van der Waals surface area contributed by atoms with Crippen LogP contribution in [-0.2, 0) is 9.59 Å². The number of carbonyl (C=O) groups is 2. The van der Waals surface area contributed by atoms with E-state index in [1.165, 1.54) is 13.8 Å². The molecular weight excluding hydrogens is 156 g/mol. The van der Waals surface area contributed by atoms with Gasteiger partial charge in [0.25, 0.3) is 0 Å². The van der Waals surface area contributed by atoms with Crippen LogP contribution in [0.25, 0.3) is 0 Å². The highest BCUT2D eigenvalue weighted by Gasteiger charge is 2.29. The van der Waals surface area contributed by atoms with Crippen molar-refractivity contribution >= 4 is 11.8 Å². The molecule has 0 radical (unpaired) electrons. The minimum atomic E-state index is 0.00118. The van der Waals surface area contributed by atoms with Crippen LogP contribution in [0.5, 0.6) is 0 Å². The molecule has 0 aromatic heterocycles. The van der Waals surface area contributed by atoms with Gasteiger partial charge in [-0.3, -0.25) is 9.59 Å². The van der Waals surface area contributed by atoms with Crippen LogP contribution in [-0.4, -0.2) is 23.9 Å². The van der Waals surface area contributed by atoms with Crippen LogP contribution in [0.3, 0.4) is 0 Å². The molecule has 0 aliphatic heterocycles. The Morgan fingerprint density at radius 2 is 1.33 bits per heavy atom. The summed E-state index contributed by atoms with van der Waals surface area (Å²) in [4.78, 5) is 21.2. The van der Waals surface area contributed by atoms with E-state index in [4.69, 9.17) is 0 Å². The second-order valence-electron chi connectivity index (χ2n) is 3.27. The maximum Gasteiger partial charge on any atom is 0.217 e. The smallest absolute Gasteiger partial charge is 0.217 e. The van der Waals surface area contributed by atoms with E-state index < -0.39 is 0 Å². The molecular formula is C8H14N2O2. The fraction of sp³-hybridized carbons (Fsp3) is 0.750. The van der Waals surface area contributed by atoms with Gasteiger partial charge in [0.15, 0.2) is 0 Å². The molecule has 4 heteroatoms. The van der Waals surface area contributed by atoms with Gasteiger partial charge in [0.1, 0.15) is 0 Å². The Kier molecular flexibility index (Phi) is 2.68. The average molecular weight is 170 g/mol. The Bertz CT molecular complexity index is 177.